The Balaban J connectivity index is 1.60. The zero-order chi connectivity index (χ0) is 21.7. The number of rotatable bonds is 7. The molecule has 0 bridgehead atoms. The van der Waals surface area contributed by atoms with Gasteiger partial charge in [0.25, 0.3) is 10.0 Å². The summed E-state index contributed by atoms with van der Waals surface area (Å²) < 4.78 is 28.5. The number of benzene rings is 2. The molecule has 2 heterocycles. The molecule has 2 aromatic heterocycles. The second kappa shape index (κ2) is 9.20. The number of pyridine rings is 2. The first kappa shape index (κ1) is 20.9. The monoisotopic (exact) mass is 429 g/mol. The molecule has 1 N–H and O–H groups in total. The Labute approximate surface area is 182 Å². The molecule has 1 unspecified atom stereocenters. The standard InChI is InChI=1S/C25H23N3O2S/c1-19-7-6-8-22(17-19)21-13-11-20(12-14-21)18-24(23-9-2-4-15-26-23)28-31(29,30)25-10-3-5-16-27-25/h2-17,24,28H,18H2,1H3. The lowest BCUT2D eigenvalue weighted by Gasteiger charge is -2.18. The number of nitrogens with zero attached hydrogens (tertiary/aromatic N) is 2. The first-order chi connectivity index (χ1) is 15.0. The van der Waals surface area contributed by atoms with Gasteiger partial charge >= 0.3 is 0 Å². The van der Waals surface area contributed by atoms with E-state index in [4.69, 9.17) is 0 Å². The minimum atomic E-state index is -3.78. The van der Waals surface area contributed by atoms with E-state index in [1.165, 1.54) is 17.8 Å². The second-order valence-electron chi connectivity index (χ2n) is 7.37. The van der Waals surface area contributed by atoms with Crippen LogP contribution in [0.25, 0.3) is 11.1 Å². The third-order valence-electron chi connectivity index (χ3n) is 5.00. The van der Waals surface area contributed by atoms with Gasteiger partial charge in [-0.05, 0) is 54.3 Å². The maximum absolute atomic E-state index is 12.9. The normalized spacial score (nSPS) is 12.4. The summed E-state index contributed by atoms with van der Waals surface area (Å²) in [6.07, 6.45) is 3.60. The number of hydrogen-bond donors (Lipinski definition) is 1. The molecule has 6 heteroatoms. The molecule has 0 saturated carbocycles. The van der Waals surface area contributed by atoms with E-state index < -0.39 is 16.1 Å². The van der Waals surface area contributed by atoms with Gasteiger partial charge in [0.05, 0.1) is 11.7 Å². The van der Waals surface area contributed by atoms with Crippen molar-refractivity contribution in [2.24, 2.45) is 0 Å². The van der Waals surface area contributed by atoms with Gasteiger partial charge in [0.2, 0.25) is 0 Å². The van der Waals surface area contributed by atoms with Crippen LogP contribution in [0.5, 0.6) is 0 Å². The summed E-state index contributed by atoms with van der Waals surface area (Å²) >= 11 is 0. The van der Waals surface area contributed by atoms with Gasteiger partial charge in [-0.2, -0.15) is 0 Å². The maximum atomic E-state index is 12.9. The van der Waals surface area contributed by atoms with Crippen LogP contribution in [0.3, 0.4) is 0 Å². The largest absolute Gasteiger partial charge is 0.260 e. The van der Waals surface area contributed by atoms with Gasteiger partial charge in [-0.3, -0.25) is 4.98 Å². The molecule has 5 nitrogen and oxygen atoms in total. The van der Waals surface area contributed by atoms with Crippen molar-refractivity contribution >= 4 is 10.0 Å². The predicted octanol–water partition coefficient (Wildman–Crippen LogP) is 4.71. The molecule has 0 saturated heterocycles. The van der Waals surface area contributed by atoms with Crippen LogP contribution in [0.2, 0.25) is 0 Å². The molecular formula is C25H23N3O2S. The lowest BCUT2D eigenvalue weighted by Crippen LogP contribution is -2.31. The van der Waals surface area contributed by atoms with Crippen LogP contribution in [0.1, 0.15) is 22.9 Å². The van der Waals surface area contributed by atoms with E-state index in [1.807, 2.05) is 36.4 Å². The van der Waals surface area contributed by atoms with Crippen molar-refractivity contribution in [2.45, 2.75) is 24.4 Å². The van der Waals surface area contributed by atoms with Gasteiger partial charge in [0.1, 0.15) is 0 Å². The highest BCUT2D eigenvalue weighted by Crippen LogP contribution is 2.24. The average molecular weight is 430 g/mol. The summed E-state index contributed by atoms with van der Waals surface area (Å²) in [7, 11) is -3.78. The summed E-state index contributed by atoms with van der Waals surface area (Å²) in [5.41, 5.74) is 5.15. The first-order valence-corrected chi connectivity index (χ1v) is 11.5. The zero-order valence-corrected chi connectivity index (χ0v) is 18.0. The van der Waals surface area contributed by atoms with Crippen LogP contribution in [0.4, 0.5) is 0 Å². The van der Waals surface area contributed by atoms with E-state index in [0.717, 1.165) is 16.7 Å². The van der Waals surface area contributed by atoms with E-state index in [-0.39, 0.29) is 5.03 Å². The lowest BCUT2D eigenvalue weighted by molar-refractivity contribution is 0.546. The minimum Gasteiger partial charge on any atom is -0.260 e. The van der Waals surface area contributed by atoms with E-state index in [9.17, 15) is 8.42 Å². The Bertz CT molecular complexity index is 1240. The Kier molecular flexibility index (Phi) is 6.21. The Morgan fingerprint density at radius 1 is 0.806 bits per heavy atom. The molecule has 2 aromatic carbocycles. The highest BCUT2D eigenvalue weighted by Gasteiger charge is 2.23. The summed E-state index contributed by atoms with van der Waals surface area (Å²) in [6, 6.07) is 26.3. The summed E-state index contributed by atoms with van der Waals surface area (Å²) in [4.78, 5) is 8.37. The Hall–Kier alpha value is -3.35. The van der Waals surface area contributed by atoms with Gasteiger partial charge < -0.3 is 0 Å². The van der Waals surface area contributed by atoms with E-state index in [0.29, 0.717) is 12.1 Å². The number of hydrogen-bond acceptors (Lipinski definition) is 4. The molecule has 0 aliphatic rings. The predicted molar refractivity (Wildman–Crippen MR) is 122 cm³/mol. The van der Waals surface area contributed by atoms with Crippen molar-refractivity contribution in [1.29, 1.82) is 0 Å². The third kappa shape index (κ3) is 5.23. The molecule has 0 aliphatic carbocycles. The van der Waals surface area contributed by atoms with Gasteiger partial charge in [-0.15, -0.1) is 0 Å². The molecule has 1 atom stereocenters. The lowest BCUT2D eigenvalue weighted by atomic mass is 9.99. The molecule has 0 fully saturated rings. The quantitative estimate of drug-likeness (QED) is 0.462. The smallest absolute Gasteiger partial charge is 0.258 e. The van der Waals surface area contributed by atoms with E-state index in [1.54, 1.807) is 18.3 Å². The van der Waals surface area contributed by atoms with Crippen molar-refractivity contribution in [3.8, 4) is 11.1 Å². The van der Waals surface area contributed by atoms with Crippen molar-refractivity contribution in [3.05, 3.63) is 114 Å². The minimum absolute atomic E-state index is 0.00859. The second-order valence-corrected chi connectivity index (χ2v) is 9.03. The number of sulfonamides is 1. The average Bonchev–Trinajstić information content (AvgIpc) is 2.80. The van der Waals surface area contributed by atoms with Gasteiger partial charge in [-0.25, -0.2) is 18.1 Å². The molecule has 0 amide bonds. The van der Waals surface area contributed by atoms with E-state index >= 15 is 0 Å². The fourth-order valence-corrected chi connectivity index (χ4v) is 4.59. The van der Waals surface area contributed by atoms with Crippen LogP contribution >= 0.6 is 0 Å². The number of aromatic nitrogens is 2. The molecule has 0 radical (unpaired) electrons. The molecule has 0 aliphatic heterocycles. The topological polar surface area (TPSA) is 72.0 Å². The van der Waals surface area contributed by atoms with Crippen molar-refractivity contribution < 1.29 is 8.42 Å². The molecule has 31 heavy (non-hydrogen) atoms. The molecule has 156 valence electrons. The Morgan fingerprint density at radius 2 is 1.55 bits per heavy atom. The van der Waals surface area contributed by atoms with Gasteiger partial charge in [0, 0.05) is 12.4 Å². The zero-order valence-electron chi connectivity index (χ0n) is 17.1. The molecule has 4 aromatic rings. The maximum Gasteiger partial charge on any atom is 0.258 e. The summed E-state index contributed by atoms with van der Waals surface area (Å²) in [6.45, 7) is 2.07. The van der Waals surface area contributed by atoms with Gasteiger partial charge in [-0.1, -0.05) is 66.2 Å². The first-order valence-electron chi connectivity index (χ1n) is 10.0. The SMILES string of the molecule is Cc1cccc(-c2ccc(CC(NS(=O)(=O)c3ccccn3)c3ccccn3)cc2)c1. The number of aryl methyl sites for hydroxylation is 1. The Morgan fingerprint density at radius 3 is 2.19 bits per heavy atom. The van der Waals surface area contributed by atoms with Crippen LogP contribution in [-0.4, -0.2) is 18.4 Å². The highest BCUT2D eigenvalue weighted by molar-refractivity contribution is 7.89. The van der Waals surface area contributed by atoms with Crippen LogP contribution in [0.15, 0.2) is 102 Å². The molecule has 4 rings (SSSR count). The van der Waals surface area contributed by atoms with Gasteiger partial charge in [0.15, 0.2) is 5.03 Å². The van der Waals surface area contributed by atoms with Crippen molar-refractivity contribution in [2.75, 3.05) is 0 Å². The van der Waals surface area contributed by atoms with Crippen LogP contribution in [0, 0.1) is 6.92 Å². The highest BCUT2D eigenvalue weighted by atomic mass is 32.2. The summed E-state index contributed by atoms with van der Waals surface area (Å²) in [5, 5.41) is -0.00859. The van der Waals surface area contributed by atoms with E-state index in [2.05, 4.69) is 51.9 Å². The number of nitrogens with one attached hydrogen (secondary N) is 1. The van der Waals surface area contributed by atoms with Crippen molar-refractivity contribution in [1.82, 2.24) is 14.7 Å². The van der Waals surface area contributed by atoms with Crippen LogP contribution in [-0.2, 0) is 16.4 Å². The van der Waals surface area contributed by atoms with Crippen LogP contribution < -0.4 is 4.72 Å². The fraction of sp³-hybridized carbons (Fsp3) is 0.120. The molecule has 0 spiro atoms. The third-order valence-corrected chi connectivity index (χ3v) is 6.39. The molecular weight excluding hydrogens is 406 g/mol. The summed E-state index contributed by atoms with van der Waals surface area (Å²) in [5.74, 6) is 0. The van der Waals surface area contributed by atoms with Crippen molar-refractivity contribution in [3.63, 3.8) is 0 Å². The fourth-order valence-electron chi connectivity index (χ4n) is 3.44.